The molecule has 0 bridgehead atoms. The van der Waals surface area contributed by atoms with Crippen molar-refractivity contribution in [1.29, 1.82) is 0 Å². The molecule has 1 N–H and O–H groups in total. The van der Waals surface area contributed by atoms with Crippen molar-refractivity contribution in [3.8, 4) is 0 Å². The molecule has 0 spiro atoms. The lowest BCUT2D eigenvalue weighted by Gasteiger charge is -2.30. The van der Waals surface area contributed by atoms with Gasteiger partial charge in [-0.3, -0.25) is 9.69 Å². The molecule has 0 aliphatic heterocycles. The van der Waals surface area contributed by atoms with Crippen LogP contribution in [0, 0.1) is 5.92 Å². The van der Waals surface area contributed by atoms with Crippen LogP contribution in [0.25, 0.3) is 0 Å². The third-order valence-corrected chi connectivity index (χ3v) is 3.81. The number of nitrogens with zero attached hydrogens (tertiary/aromatic N) is 1. The van der Waals surface area contributed by atoms with Crippen molar-refractivity contribution in [3.05, 3.63) is 0 Å². The summed E-state index contributed by atoms with van der Waals surface area (Å²) in [6.45, 7) is 7.73. The number of aliphatic carboxylic acids is 1. The second-order valence-electron chi connectivity index (χ2n) is 5.63. The first-order valence-electron chi connectivity index (χ1n) is 7.08. The fraction of sp³-hybridized carbons (Fsp3) is 0.929. The zero-order valence-electron chi connectivity index (χ0n) is 11.9. The number of hydrogen-bond acceptors (Lipinski definition) is 3. The highest BCUT2D eigenvalue weighted by molar-refractivity contribution is 5.69. The predicted octanol–water partition coefficient (Wildman–Crippen LogP) is 2.38. The predicted molar refractivity (Wildman–Crippen MR) is 71.7 cm³/mol. The molecule has 0 aromatic heterocycles. The van der Waals surface area contributed by atoms with Gasteiger partial charge in [-0.05, 0) is 32.6 Å². The maximum absolute atomic E-state index is 10.7. The summed E-state index contributed by atoms with van der Waals surface area (Å²) < 4.78 is 5.92. The zero-order valence-corrected chi connectivity index (χ0v) is 11.9. The van der Waals surface area contributed by atoms with Gasteiger partial charge < -0.3 is 9.84 Å². The number of carboxylic acids is 1. The minimum absolute atomic E-state index is 0.0985. The van der Waals surface area contributed by atoms with E-state index in [-0.39, 0.29) is 12.6 Å². The molecule has 1 rings (SSSR count). The minimum atomic E-state index is -0.769. The van der Waals surface area contributed by atoms with Crippen molar-refractivity contribution in [3.63, 3.8) is 0 Å². The van der Waals surface area contributed by atoms with Crippen LogP contribution < -0.4 is 0 Å². The Balaban J connectivity index is 2.27. The lowest BCUT2D eigenvalue weighted by Crippen LogP contribution is -2.39. The van der Waals surface area contributed by atoms with Gasteiger partial charge in [-0.2, -0.15) is 0 Å². The van der Waals surface area contributed by atoms with E-state index in [0.717, 1.165) is 6.42 Å². The summed E-state index contributed by atoms with van der Waals surface area (Å²) in [6, 6.07) is 0.244. The number of carbonyl (C=O) groups is 1. The average Bonchev–Trinajstić information content (AvgIpc) is 2.29. The zero-order chi connectivity index (χ0) is 13.5. The normalized spacial score (nSPS) is 24.7. The third-order valence-electron chi connectivity index (χ3n) is 3.81. The molecule has 1 aliphatic rings. The van der Waals surface area contributed by atoms with Gasteiger partial charge in [0.2, 0.25) is 0 Å². The molecule has 0 aromatic rings. The van der Waals surface area contributed by atoms with E-state index < -0.39 is 5.97 Å². The van der Waals surface area contributed by atoms with Crippen molar-refractivity contribution >= 4 is 5.97 Å². The molecule has 18 heavy (non-hydrogen) atoms. The molecule has 1 saturated carbocycles. The van der Waals surface area contributed by atoms with E-state index in [0.29, 0.717) is 25.2 Å². The monoisotopic (exact) mass is 257 g/mol. The number of ether oxygens (including phenoxy) is 1. The largest absolute Gasteiger partial charge is 0.480 e. The van der Waals surface area contributed by atoms with E-state index in [1.165, 1.54) is 19.3 Å². The van der Waals surface area contributed by atoms with Crippen molar-refractivity contribution in [2.24, 2.45) is 5.92 Å². The van der Waals surface area contributed by atoms with E-state index in [1.54, 1.807) is 0 Å². The third kappa shape index (κ3) is 5.36. The Morgan fingerprint density at radius 1 is 1.39 bits per heavy atom. The second-order valence-corrected chi connectivity index (χ2v) is 5.63. The fourth-order valence-corrected chi connectivity index (χ4v) is 2.54. The van der Waals surface area contributed by atoms with E-state index in [4.69, 9.17) is 9.84 Å². The van der Waals surface area contributed by atoms with Gasteiger partial charge in [0.15, 0.2) is 0 Å². The van der Waals surface area contributed by atoms with Gasteiger partial charge in [-0.25, -0.2) is 0 Å². The molecule has 0 aromatic carbocycles. The van der Waals surface area contributed by atoms with Crippen LogP contribution in [0.2, 0.25) is 0 Å². The number of carboxylic acid groups (broad SMARTS) is 1. The molecule has 4 heteroatoms. The van der Waals surface area contributed by atoms with E-state index in [2.05, 4.69) is 6.92 Å². The summed E-state index contributed by atoms with van der Waals surface area (Å²) in [5.74, 6) is -0.125. The summed E-state index contributed by atoms with van der Waals surface area (Å²) in [7, 11) is 0. The van der Waals surface area contributed by atoms with Crippen LogP contribution in [0.5, 0.6) is 0 Å². The van der Waals surface area contributed by atoms with Gasteiger partial charge in [0.05, 0.1) is 19.3 Å². The van der Waals surface area contributed by atoms with Crippen LogP contribution in [-0.4, -0.2) is 47.8 Å². The Labute approximate surface area is 110 Å². The molecule has 1 fully saturated rings. The van der Waals surface area contributed by atoms with Crippen LogP contribution in [-0.2, 0) is 9.53 Å². The molecule has 0 heterocycles. The Bertz CT molecular complexity index is 255. The van der Waals surface area contributed by atoms with Gasteiger partial charge in [0, 0.05) is 12.6 Å². The van der Waals surface area contributed by atoms with Crippen molar-refractivity contribution in [1.82, 2.24) is 4.90 Å². The summed E-state index contributed by atoms with van der Waals surface area (Å²) >= 11 is 0. The highest BCUT2D eigenvalue weighted by atomic mass is 16.5. The highest BCUT2D eigenvalue weighted by Gasteiger charge is 2.22. The maximum atomic E-state index is 10.7. The van der Waals surface area contributed by atoms with Gasteiger partial charge in [0.25, 0.3) is 0 Å². The average molecular weight is 257 g/mol. The van der Waals surface area contributed by atoms with Crippen LogP contribution in [0.1, 0.15) is 46.5 Å². The van der Waals surface area contributed by atoms with Gasteiger partial charge in [-0.15, -0.1) is 0 Å². The van der Waals surface area contributed by atoms with Crippen molar-refractivity contribution in [2.75, 3.05) is 19.7 Å². The summed E-state index contributed by atoms with van der Waals surface area (Å²) in [5, 5.41) is 8.84. The number of hydrogen-bond donors (Lipinski definition) is 1. The first kappa shape index (κ1) is 15.4. The topological polar surface area (TPSA) is 49.8 Å². The summed E-state index contributed by atoms with van der Waals surface area (Å²) in [4.78, 5) is 12.7. The molecule has 2 unspecified atom stereocenters. The SMILES string of the molecule is CC1CCCCC1OCCN(CC(=O)O)C(C)C. The molecule has 106 valence electrons. The molecule has 1 aliphatic carbocycles. The maximum Gasteiger partial charge on any atom is 0.317 e. The quantitative estimate of drug-likeness (QED) is 0.760. The minimum Gasteiger partial charge on any atom is -0.480 e. The van der Waals surface area contributed by atoms with Crippen molar-refractivity contribution in [2.45, 2.75) is 58.6 Å². The molecule has 0 radical (unpaired) electrons. The first-order chi connectivity index (χ1) is 8.50. The Morgan fingerprint density at radius 3 is 2.61 bits per heavy atom. The fourth-order valence-electron chi connectivity index (χ4n) is 2.54. The number of rotatable bonds is 7. The molecular weight excluding hydrogens is 230 g/mol. The van der Waals surface area contributed by atoms with E-state index >= 15 is 0 Å². The smallest absolute Gasteiger partial charge is 0.317 e. The lowest BCUT2D eigenvalue weighted by atomic mass is 9.88. The molecule has 4 nitrogen and oxygen atoms in total. The van der Waals surface area contributed by atoms with Gasteiger partial charge >= 0.3 is 5.97 Å². The van der Waals surface area contributed by atoms with Gasteiger partial charge in [-0.1, -0.05) is 19.8 Å². The standard InChI is InChI=1S/C14H27NO3/c1-11(2)15(10-14(16)17)8-9-18-13-7-5-4-6-12(13)3/h11-13H,4-10H2,1-3H3,(H,16,17). The Morgan fingerprint density at radius 2 is 2.06 bits per heavy atom. The van der Waals surface area contributed by atoms with Crippen LogP contribution >= 0.6 is 0 Å². The highest BCUT2D eigenvalue weighted by Crippen LogP contribution is 2.26. The van der Waals surface area contributed by atoms with Crippen LogP contribution in [0.3, 0.4) is 0 Å². The van der Waals surface area contributed by atoms with Crippen molar-refractivity contribution < 1.29 is 14.6 Å². The molecule has 0 amide bonds. The molecule has 2 atom stereocenters. The molecular formula is C14H27NO3. The molecule has 0 saturated heterocycles. The van der Waals surface area contributed by atoms with E-state index in [9.17, 15) is 4.79 Å². The Hall–Kier alpha value is -0.610. The summed E-state index contributed by atoms with van der Waals surface area (Å²) in [5.41, 5.74) is 0. The summed E-state index contributed by atoms with van der Waals surface area (Å²) in [6.07, 6.45) is 5.36. The second kappa shape index (κ2) is 7.74. The first-order valence-corrected chi connectivity index (χ1v) is 7.08. The lowest BCUT2D eigenvalue weighted by molar-refractivity contribution is -0.139. The van der Waals surface area contributed by atoms with Gasteiger partial charge in [0.1, 0.15) is 0 Å². The van der Waals surface area contributed by atoms with E-state index in [1.807, 2.05) is 18.7 Å². The van der Waals surface area contributed by atoms with Crippen LogP contribution in [0.4, 0.5) is 0 Å². The van der Waals surface area contributed by atoms with Crippen LogP contribution in [0.15, 0.2) is 0 Å². The Kier molecular flexibility index (Phi) is 6.65.